The smallest absolute Gasteiger partial charge is 0.341 e. The van der Waals surface area contributed by atoms with Gasteiger partial charge in [-0.1, -0.05) is 0 Å². The van der Waals surface area contributed by atoms with Gasteiger partial charge in [-0.3, -0.25) is 14.5 Å². The van der Waals surface area contributed by atoms with Gasteiger partial charge in [0, 0.05) is 23.3 Å². The monoisotopic (exact) mass is 418 g/mol. The summed E-state index contributed by atoms with van der Waals surface area (Å²) in [5.41, 5.74) is 4.17. The van der Waals surface area contributed by atoms with Crippen molar-refractivity contribution in [3.8, 4) is 5.00 Å². The molecule has 1 fully saturated rings. The van der Waals surface area contributed by atoms with Crippen molar-refractivity contribution < 1.29 is 19.1 Å². The van der Waals surface area contributed by atoms with E-state index in [0.717, 1.165) is 49.1 Å². The molecule has 6 nitrogen and oxygen atoms in total. The maximum atomic E-state index is 12.6. The molecule has 28 heavy (non-hydrogen) atoms. The summed E-state index contributed by atoms with van der Waals surface area (Å²) in [7, 11) is 1.48. The number of nitrogens with zero attached hydrogens (tertiary/aromatic N) is 2. The second kappa shape index (κ2) is 7.60. The van der Waals surface area contributed by atoms with Crippen molar-refractivity contribution in [2.24, 2.45) is 0 Å². The maximum absolute atomic E-state index is 12.6. The minimum Gasteiger partial charge on any atom is -0.462 e. The summed E-state index contributed by atoms with van der Waals surface area (Å²) >= 11 is 2.48. The van der Waals surface area contributed by atoms with Crippen LogP contribution in [0, 0.1) is 27.7 Å². The van der Waals surface area contributed by atoms with Crippen LogP contribution in [0.15, 0.2) is 11.0 Å². The molecule has 0 saturated carbocycles. The second-order valence-electron chi connectivity index (χ2n) is 6.59. The molecule has 0 atom stereocenters. The van der Waals surface area contributed by atoms with E-state index in [0.29, 0.717) is 17.1 Å². The number of aryl methyl sites for hydroxylation is 2. The quantitative estimate of drug-likeness (QED) is 0.535. The fraction of sp³-hybridized carbons (Fsp3) is 0.350. The Morgan fingerprint density at radius 1 is 1.21 bits per heavy atom. The molecular weight excluding hydrogens is 396 g/mol. The van der Waals surface area contributed by atoms with Crippen LogP contribution >= 0.6 is 23.1 Å². The summed E-state index contributed by atoms with van der Waals surface area (Å²) in [6.07, 6.45) is 1.74. The van der Waals surface area contributed by atoms with Gasteiger partial charge in [0.15, 0.2) is 0 Å². The van der Waals surface area contributed by atoms with E-state index in [-0.39, 0.29) is 17.1 Å². The van der Waals surface area contributed by atoms with E-state index >= 15 is 0 Å². The van der Waals surface area contributed by atoms with Crippen LogP contribution in [0.2, 0.25) is 0 Å². The van der Waals surface area contributed by atoms with E-state index in [9.17, 15) is 14.4 Å². The van der Waals surface area contributed by atoms with Crippen LogP contribution in [-0.2, 0) is 9.53 Å². The molecule has 0 aromatic carbocycles. The highest BCUT2D eigenvalue weighted by Gasteiger charge is 2.32. The Labute approximate surface area is 172 Å². The van der Waals surface area contributed by atoms with Gasteiger partial charge in [0.25, 0.3) is 11.1 Å². The zero-order chi connectivity index (χ0) is 20.7. The minimum atomic E-state index is -0.333. The molecule has 2 aromatic heterocycles. The average Bonchev–Trinajstić information content (AvgIpc) is 3.17. The summed E-state index contributed by atoms with van der Waals surface area (Å²) in [5.74, 6) is -0.629. The molecule has 1 aliphatic heterocycles. The summed E-state index contributed by atoms with van der Waals surface area (Å²) in [6, 6.07) is 1.96. The number of thiophene rings is 1. The van der Waals surface area contributed by atoms with Crippen molar-refractivity contribution in [1.82, 2.24) is 9.47 Å². The Morgan fingerprint density at radius 2 is 1.89 bits per heavy atom. The predicted octanol–water partition coefficient (Wildman–Crippen LogP) is 4.62. The van der Waals surface area contributed by atoms with Crippen molar-refractivity contribution in [3.05, 3.63) is 43.9 Å². The Morgan fingerprint density at radius 3 is 2.46 bits per heavy atom. The van der Waals surface area contributed by atoms with E-state index in [1.807, 2.05) is 38.3 Å². The van der Waals surface area contributed by atoms with Crippen LogP contribution < -0.4 is 0 Å². The molecular formula is C20H22N2O4S2. The average molecular weight is 419 g/mol. The van der Waals surface area contributed by atoms with Gasteiger partial charge in [-0.2, -0.15) is 0 Å². The van der Waals surface area contributed by atoms with Gasteiger partial charge in [0.1, 0.15) is 5.00 Å². The van der Waals surface area contributed by atoms with Crippen molar-refractivity contribution in [3.63, 3.8) is 0 Å². The van der Waals surface area contributed by atoms with E-state index in [1.54, 1.807) is 24.3 Å². The molecule has 2 amide bonds. The Hall–Kier alpha value is -2.32. The first-order chi connectivity index (χ1) is 13.2. The summed E-state index contributed by atoms with van der Waals surface area (Å²) < 4.78 is 7.28. The number of rotatable bonds is 4. The van der Waals surface area contributed by atoms with E-state index in [2.05, 4.69) is 0 Å². The van der Waals surface area contributed by atoms with Crippen LogP contribution in [0.5, 0.6) is 0 Å². The first-order valence-corrected chi connectivity index (χ1v) is 10.5. The van der Waals surface area contributed by atoms with Gasteiger partial charge in [-0.15, -0.1) is 11.3 Å². The summed E-state index contributed by atoms with van der Waals surface area (Å²) in [5, 5.41) is 0.533. The fourth-order valence-corrected chi connectivity index (χ4v) is 5.22. The van der Waals surface area contributed by atoms with E-state index in [4.69, 9.17) is 4.74 Å². The van der Waals surface area contributed by atoms with Gasteiger partial charge in [0.05, 0.1) is 17.1 Å². The lowest BCUT2D eigenvalue weighted by atomic mass is 10.1. The van der Waals surface area contributed by atoms with Gasteiger partial charge >= 0.3 is 5.97 Å². The van der Waals surface area contributed by atoms with Crippen molar-refractivity contribution in [2.75, 3.05) is 13.7 Å². The maximum Gasteiger partial charge on any atom is 0.341 e. The lowest BCUT2D eigenvalue weighted by molar-refractivity contribution is -0.121. The highest BCUT2D eigenvalue weighted by molar-refractivity contribution is 8.18. The molecule has 0 spiro atoms. The number of hydrogen-bond donors (Lipinski definition) is 0. The van der Waals surface area contributed by atoms with Crippen LogP contribution in [0.3, 0.4) is 0 Å². The molecule has 2 aromatic rings. The van der Waals surface area contributed by atoms with Gasteiger partial charge in [-0.25, -0.2) is 4.79 Å². The molecule has 0 aliphatic carbocycles. The molecule has 3 rings (SSSR count). The number of hydrogen-bond acceptors (Lipinski definition) is 6. The Bertz CT molecular complexity index is 1030. The van der Waals surface area contributed by atoms with Crippen LogP contribution in [0.1, 0.15) is 44.7 Å². The van der Waals surface area contributed by atoms with Crippen molar-refractivity contribution in [1.29, 1.82) is 0 Å². The third kappa shape index (κ3) is 3.31. The third-order valence-electron chi connectivity index (χ3n) is 4.79. The van der Waals surface area contributed by atoms with Gasteiger partial charge in [0.2, 0.25) is 0 Å². The number of thioether (sulfide) groups is 1. The molecule has 1 aliphatic rings. The molecule has 0 unspecified atom stereocenters. The molecule has 0 bridgehead atoms. The Kier molecular flexibility index (Phi) is 5.54. The molecule has 0 radical (unpaired) electrons. The van der Waals surface area contributed by atoms with Gasteiger partial charge in [-0.05, 0) is 69.6 Å². The lowest BCUT2D eigenvalue weighted by Crippen LogP contribution is -2.22. The highest BCUT2D eigenvalue weighted by Crippen LogP contribution is 2.36. The van der Waals surface area contributed by atoms with Crippen LogP contribution in [-0.4, -0.2) is 40.2 Å². The molecule has 8 heteroatoms. The van der Waals surface area contributed by atoms with E-state index in [1.165, 1.54) is 7.05 Å². The normalized spacial score (nSPS) is 15.8. The van der Waals surface area contributed by atoms with Crippen LogP contribution in [0.25, 0.3) is 11.1 Å². The highest BCUT2D eigenvalue weighted by atomic mass is 32.2. The standard InChI is InChI=1S/C20H22N2O4S2/c1-7-26-19(24)16-11(3)13(5)27-18(16)22-10(2)8-14(12(22)4)9-15-17(23)21(6)20(25)28-15/h8-9H,7H2,1-6H3/b15-9-. The summed E-state index contributed by atoms with van der Waals surface area (Å²) in [6.45, 7) is 9.90. The molecule has 148 valence electrons. The number of carbonyl (C=O) groups is 3. The first kappa shape index (κ1) is 20.4. The van der Waals surface area contributed by atoms with Gasteiger partial charge < -0.3 is 9.30 Å². The third-order valence-corrected chi connectivity index (χ3v) is 6.95. The van der Waals surface area contributed by atoms with E-state index < -0.39 is 0 Å². The predicted molar refractivity (Wildman–Crippen MR) is 112 cm³/mol. The Balaban J connectivity index is 2.12. The molecule has 3 heterocycles. The SMILES string of the molecule is CCOC(=O)c1c(-n2c(C)cc(/C=C3\SC(=O)N(C)C3=O)c2C)sc(C)c1C. The number of likely N-dealkylation sites (N-methyl/N-ethyl adjacent to an activating group) is 1. The zero-order valence-electron chi connectivity index (χ0n) is 16.7. The lowest BCUT2D eigenvalue weighted by Gasteiger charge is -2.11. The largest absolute Gasteiger partial charge is 0.462 e. The molecule has 0 N–H and O–H groups in total. The fourth-order valence-electron chi connectivity index (χ4n) is 3.14. The first-order valence-electron chi connectivity index (χ1n) is 8.85. The van der Waals surface area contributed by atoms with Crippen molar-refractivity contribution in [2.45, 2.75) is 34.6 Å². The molecule has 1 saturated heterocycles. The number of esters is 1. The number of ether oxygens (including phenoxy) is 1. The topological polar surface area (TPSA) is 68.6 Å². The second-order valence-corrected chi connectivity index (χ2v) is 8.78. The number of aromatic nitrogens is 1. The number of carbonyl (C=O) groups excluding carboxylic acids is 3. The van der Waals surface area contributed by atoms with Crippen molar-refractivity contribution >= 4 is 46.3 Å². The summed E-state index contributed by atoms with van der Waals surface area (Å²) in [4.78, 5) is 39.1. The number of imide groups is 1. The van der Waals surface area contributed by atoms with Crippen LogP contribution in [0.4, 0.5) is 4.79 Å². The minimum absolute atomic E-state index is 0.279. The zero-order valence-corrected chi connectivity index (χ0v) is 18.3. The number of amides is 2.